The molecule has 0 fully saturated rings. The van der Waals surface area contributed by atoms with E-state index in [9.17, 15) is 0 Å². The molecule has 0 saturated carbocycles. The number of ether oxygens (including phenoxy) is 1. The highest BCUT2D eigenvalue weighted by Gasteiger charge is 2.31. The minimum absolute atomic E-state index is 0.0560. The first-order chi connectivity index (χ1) is 8.12. The molecule has 1 aromatic rings. The maximum absolute atomic E-state index is 6.02. The van der Waals surface area contributed by atoms with Gasteiger partial charge in [0.15, 0.2) is 0 Å². The molecule has 0 aliphatic carbocycles. The van der Waals surface area contributed by atoms with Crippen LogP contribution >= 0.6 is 0 Å². The fourth-order valence-corrected chi connectivity index (χ4v) is 2.25. The molecule has 17 heavy (non-hydrogen) atoms. The molecule has 2 nitrogen and oxygen atoms in total. The van der Waals surface area contributed by atoms with E-state index in [-0.39, 0.29) is 5.60 Å². The third kappa shape index (κ3) is 2.89. The molecule has 0 aromatic heterocycles. The van der Waals surface area contributed by atoms with Crippen LogP contribution in [0.25, 0.3) is 0 Å². The van der Waals surface area contributed by atoms with Crippen LogP contribution in [0.15, 0.2) is 30.9 Å². The van der Waals surface area contributed by atoms with E-state index in [4.69, 9.17) is 4.74 Å². The fraction of sp³-hybridized carbons (Fsp3) is 0.467. The van der Waals surface area contributed by atoms with Gasteiger partial charge in [0.05, 0.1) is 0 Å². The van der Waals surface area contributed by atoms with Crippen molar-refractivity contribution in [3.05, 3.63) is 42.0 Å². The summed E-state index contributed by atoms with van der Waals surface area (Å²) in [5, 5.41) is 3.41. The summed E-state index contributed by atoms with van der Waals surface area (Å²) in [6.45, 7) is 9.84. The van der Waals surface area contributed by atoms with Gasteiger partial charge in [-0.2, -0.15) is 0 Å². The molecule has 1 aliphatic rings. The Hall–Kier alpha value is -1.28. The van der Waals surface area contributed by atoms with Gasteiger partial charge in [-0.25, -0.2) is 0 Å². The Balaban J connectivity index is 2.05. The maximum Gasteiger partial charge on any atom is 0.127 e. The zero-order chi connectivity index (χ0) is 12.3. The first kappa shape index (κ1) is 12.2. The van der Waals surface area contributed by atoms with Crippen molar-refractivity contribution in [3.8, 4) is 5.75 Å². The summed E-state index contributed by atoms with van der Waals surface area (Å²) in [5.41, 5.74) is 2.54. The van der Waals surface area contributed by atoms with E-state index in [2.05, 4.69) is 43.9 Å². The molecule has 0 amide bonds. The van der Waals surface area contributed by atoms with Crippen molar-refractivity contribution < 1.29 is 4.74 Å². The molecular weight excluding hydrogens is 210 g/mol. The molecule has 2 rings (SSSR count). The quantitative estimate of drug-likeness (QED) is 0.621. The Kier molecular flexibility index (Phi) is 3.53. The highest BCUT2D eigenvalue weighted by molar-refractivity contribution is 5.45. The van der Waals surface area contributed by atoms with Gasteiger partial charge >= 0.3 is 0 Å². The number of fused-ring (bicyclic) bond motifs is 1. The predicted molar refractivity (Wildman–Crippen MR) is 71.4 cm³/mol. The van der Waals surface area contributed by atoms with Crippen LogP contribution < -0.4 is 10.1 Å². The van der Waals surface area contributed by atoms with E-state index in [1.165, 1.54) is 11.1 Å². The molecule has 2 heteroatoms. The van der Waals surface area contributed by atoms with E-state index in [0.29, 0.717) is 0 Å². The average molecular weight is 231 g/mol. The van der Waals surface area contributed by atoms with Crippen LogP contribution in [0.1, 0.15) is 31.4 Å². The molecule has 92 valence electrons. The molecule has 0 bridgehead atoms. The van der Waals surface area contributed by atoms with Crippen LogP contribution in [0.4, 0.5) is 0 Å². The zero-order valence-electron chi connectivity index (χ0n) is 10.8. The average Bonchev–Trinajstić information content (AvgIpc) is 2.59. The molecule has 0 saturated heterocycles. The third-order valence-electron chi connectivity index (χ3n) is 3.01. The number of nitrogens with one attached hydrogen (secondary N) is 1. The lowest BCUT2D eigenvalue weighted by atomic mass is 10.0. The normalized spacial score (nSPS) is 16.4. The van der Waals surface area contributed by atoms with Crippen LogP contribution in [-0.2, 0) is 13.0 Å². The molecule has 1 aliphatic heterocycles. The highest BCUT2D eigenvalue weighted by atomic mass is 16.5. The first-order valence-corrected chi connectivity index (χ1v) is 6.24. The zero-order valence-corrected chi connectivity index (χ0v) is 10.8. The molecule has 0 spiro atoms. The number of para-hydroxylation sites is 1. The van der Waals surface area contributed by atoms with Gasteiger partial charge in [0, 0.05) is 18.5 Å². The van der Waals surface area contributed by atoms with Crippen LogP contribution in [-0.4, -0.2) is 12.1 Å². The number of benzene rings is 1. The van der Waals surface area contributed by atoms with Crippen LogP contribution in [0.2, 0.25) is 0 Å². The Morgan fingerprint density at radius 3 is 3.06 bits per heavy atom. The number of hydrogen-bond donors (Lipinski definition) is 1. The second kappa shape index (κ2) is 4.92. The summed E-state index contributed by atoms with van der Waals surface area (Å²) in [5.74, 6) is 1.09. The Labute approximate surface area is 104 Å². The topological polar surface area (TPSA) is 21.3 Å². The monoisotopic (exact) mass is 231 g/mol. The third-order valence-corrected chi connectivity index (χ3v) is 3.01. The van der Waals surface area contributed by atoms with E-state index in [1.54, 1.807) is 0 Å². The fourth-order valence-electron chi connectivity index (χ4n) is 2.25. The standard InChI is InChI=1S/C15H21NO/c1-4-5-9-16-11-13-8-6-7-12-10-15(2,3)17-14(12)13/h4,6-8,16H,1,5,9-11H2,2-3H3. The van der Waals surface area contributed by atoms with E-state index >= 15 is 0 Å². The first-order valence-electron chi connectivity index (χ1n) is 6.24. The lowest BCUT2D eigenvalue weighted by Crippen LogP contribution is -2.25. The van der Waals surface area contributed by atoms with Gasteiger partial charge in [-0.3, -0.25) is 0 Å². The van der Waals surface area contributed by atoms with Gasteiger partial charge in [-0.1, -0.05) is 24.3 Å². The van der Waals surface area contributed by atoms with E-state index in [1.807, 2.05) is 6.08 Å². The smallest absolute Gasteiger partial charge is 0.127 e. The van der Waals surface area contributed by atoms with Crippen molar-refractivity contribution in [3.63, 3.8) is 0 Å². The molecule has 1 heterocycles. The van der Waals surface area contributed by atoms with Crippen molar-refractivity contribution in [2.75, 3.05) is 6.54 Å². The molecule has 1 aromatic carbocycles. The molecule has 0 atom stereocenters. The molecular formula is C15H21NO. The van der Waals surface area contributed by atoms with Crippen molar-refractivity contribution in [2.24, 2.45) is 0 Å². The van der Waals surface area contributed by atoms with Crippen LogP contribution in [0.3, 0.4) is 0 Å². The highest BCUT2D eigenvalue weighted by Crippen LogP contribution is 2.37. The summed E-state index contributed by atoms with van der Waals surface area (Å²) in [6, 6.07) is 6.42. The minimum Gasteiger partial charge on any atom is -0.487 e. The lowest BCUT2D eigenvalue weighted by molar-refractivity contribution is 0.137. The summed E-state index contributed by atoms with van der Waals surface area (Å²) in [7, 11) is 0. The van der Waals surface area contributed by atoms with Gasteiger partial charge in [-0.05, 0) is 32.4 Å². The minimum atomic E-state index is -0.0560. The van der Waals surface area contributed by atoms with Crippen molar-refractivity contribution >= 4 is 0 Å². The Morgan fingerprint density at radius 2 is 2.29 bits per heavy atom. The Morgan fingerprint density at radius 1 is 1.47 bits per heavy atom. The van der Waals surface area contributed by atoms with Gasteiger partial charge in [0.1, 0.15) is 11.4 Å². The van der Waals surface area contributed by atoms with Crippen LogP contribution in [0, 0.1) is 0 Å². The molecule has 0 unspecified atom stereocenters. The summed E-state index contributed by atoms with van der Waals surface area (Å²) in [6.07, 6.45) is 3.94. The van der Waals surface area contributed by atoms with E-state index in [0.717, 1.165) is 31.7 Å². The van der Waals surface area contributed by atoms with Gasteiger partial charge in [-0.15, -0.1) is 6.58 Å². The second-order valence-corrected chi connectivity index (χ2v) is 5.20. The predicted octanol–water partition coefficient (Wildman–Crippen LogP) is 3.07. The van der Waals surface area contributed by atoms with Gasteiger partial charge in [0.2, 0.25) is 0 Å². The van der Waals surface area contributed by atoms with Gasteiger partial charge in [0.25, 0.3) is 0 Å². The molecule has 0 radical (unpaired) electrons. The second-order valence-electron chi connectivity index (χ2n) is 5.20. The summed E-state index contributed by atoms with van der Waals surface area (Å²) in [4.78, 5) is 0. The maximum atomic E-state index is 6.02. The SMILES string of the molecule is C=CCCNCc1cccc2c1OC(C)(C)C2. The Bertz CT molecular complexity index is 409. The van der Waals surface area contributed by atoms with Crippen molar-refractivity contribution in [1.29, 1.82) is 0 Å². The number of rotatable bonds is 5. The summed E-state index contributed by atoms with van der Waals surface area (Å²) >= 11 is 0. The summed E-state index contributed by atoms with van der Waals surface area (Å²) < 4.78 is 6.02. The number of hydrogen-bond acceptors (Lipinski definition) is 2. The van der Waals surface area contributed by atoms with Crippen molar-refractivity contribution in [2.45, 2.75) is 38.8 Å². The van der Waals surface area contributed by atoms with Gasteiger partial charge < -0.3 is 10.1 Å². The largest absolute Gasteiger partial charge is 0.487 e. The van der Waals surface area contributed by atoms with E-state index < -0.39 is 0 Å². The van der Waals surface area contributed by atoms with Crippen molar-refractivity contribution in [1.82, 2.24) is 5.32 Å². The molecule has 1 N–H and O–H groups in total. The van der Waals surface area contributed by atoms with Crippen LogP contribution in [0.5, 0.6) is 5.75 Å². The lowest BCUT2D eigenvalue weighted by Gasteiger charge is -2.18.